The van der Waals surface area contributed by atoms with Crippen LogP contribution in [0.1, 0.15) is 34.1 Å². The zero-order valence-corrected chi connectivity index (χ0v) is 22.5. The number of rotatable bonds is 7. The molecule has 0 fully saturated rings. The highest BCUT2D eigenvalue weighted by Gasteiger charge is 2.28. The van der Waals surface area contributed by atoms with Crippen LogP contribution in [0.3, 0.4) is 0 Å². The van der Waals surface area contributed by atoms with Crippen molar-refractivity contribution in [3.8, 4) is 5.75 Å². The minimum absolute atomic E-state index is 0.0767. The molecule has 1 aliphatic rings. The van der Waals surface area contributed by atoms with Gasteiger partial charge in [0.15, 0.2) is 4.80 Å². The van der Waals surface area contributed by atoms with Crippen LogP contribution in [0.2, 0.25) is 0 Å². The summed E-state index contributed by atoms with van der Waals surface area (Å²) in [6, 6.07) is 5.71. The van der Waals surface area contributed by atoms with Crippen molar-refractivity contribution in [1.82, 2.24) is 4.57 Å². The molecule has 2 aromatic heterocycles. The van der Waals surface area contributed by atoms with E-state index < -0.39 is 5.97 Å². The molecule has 35 heavy (non-hydrogen) atoms. The van der Waals surface area contributed by atoms with Gasteiger partial charge < -0.3 is 19.4 Å². The molecule has 4 rings (SSSR count). The zero-order valence-electron chi connectivity index (χ0n) is 20.0. The van der Waals surface area contributed by atoms with Gasteiger partial charge in [0.1, 0.15) is 10.8 Å². The minimum atomic E-state index is -0.428. The lowest BCUT2D eigenvalue weighted by molar-refractivity contribution is -0.115. The number of thiophene rings is 1. The van der Waals surface area contributed by atoms with E-state index in [9.17, 15) is 14.4 Å². The molecule has 2 heterocycles. The van der Waals surface area contributed by atoms with Crippen LogP contribution in [-0.4, -0.2) is 48.1 Å². The molecule has 0 radical (unpaired) electrons. The van der Waals surface area contributed by atoms with Crippen LogP contribution in [0, 0.1) is 5.92 Å². The molecule has 1 aromatic carbocycles. The van der Waals surface area contributed by atoms with E-state index in [1.165, 1.54) is 41.5 Å². The number of amides is 2. The maximum absolute atomic E-state index is 12.6. The van der Waals surface area contributed by atoms with Crippen LogP contribution in [0.5, 0.6) is 5.75 Å². The Hall–Kier alpha value is -2.63. The number of hydrogen-bond donors (Lipinski definition) is 1. The summed E-state index contributed by atoms with van der Waals surface area (Å²) in [5, 5.41) is 3.39. The van der Waals surface area contributed by atoms with E-state index in [4.69, 9.17) is 9.47 Å². The van der Waals surface area contributed by atoms with Gasteiger partial charge in [-0.25, -0.2) is 4.79 Å². The summed E-state index contributed by atoms with van der Waals surface area (Å²) in [5.74, 6) is 0.444. The van der Waals surface area contributed by atoms with Crippen LogP contribution in [0.25, 0.3) is 10.2 Å². The predicted molar refractivity (Wildman–Crippen MR) is 141 cm³/mol. The fourth-order valence-electron chi connectivity index (χ4n) is 4.04. The molecule has 0 saturated carbocycles. The number of anilines is 1. The zero-order chi connectivity index (χ0) is 25.1. The Morgan fingerprint density at radius 3 is 2.77 bits per heavy atom. The first-order valence-electron chi connectivity index (χ1n) is 11.1. The van der Waals surface area contributed by atoms with Crippen molar-refractivity contribution in [2.45, 2.75) is 26.2 Å². The smallest absolute Gasteiger partial charge is 0.341 e. The van der Waals surface area contributed by atoms with Gasteiger partial charge in [0, 0.05) is 11.9 Å². The summed E-state index contributed by atoms with van der Waals surface area (Å²) in [6.07, 6.45) is 2.71. The highest BCUT2D eigenvalue weighted by Crippen LogP contribution is 2.40. The molecule has 1 aliphatic carbocycles. The summed E-state index contributed by atoms with van der Waals surface area (Å²) in [7, 11) is 4.82. The van der Waals surface area contributed by atoms with Gasteiger partial charge in [-0.15, -0.1) is 23.1 Å². The van der Waals surface area contributed by atoms with E-state index in [-0.39, 0.29) is 23.3 Å². The molecule has 0 saturated heterocycles. The van der Waals surface area contributed by atoms with Gasteiger partial charge in [0.25, 0.3) is 5.91 Å². The summed E-state index contributed by atoms with van der Waals surface area (Å²) in [4.78, 5) is 43.4. The number of methoxy groups -OCH3 is 2. The number of carbonyl (C=O) groups excluding carboxylic acids is 3. The molecule has 0 bridgehead atoms. The number of thioether (sulfide) groups is 1. The van der Waals surface area contributed by atoms with E-state index in [1.807, 2.05) is 29.8 Å². The Morgan fingerprint density at radius 2 is 2.03 bits per heavy atom. The fraction of sp³-hybridized carbons (Fsp3) is 0.417. The monoisotopic (exact) mass is 533 g/mol. The van der Waals surface area contributed by atoms with Crippen LogP contribution in [0.15, 0.2) is 23.2 Å². The average Bonchev–Trinajstić information content (AvgIpc) is 3.34. The number of thiazole rings is 1. The first kappa shape index (κ1) is 25.5. The molecular weight excluding hydrogens is 506 g/mol. The Morgan fingerprint density at radius 1 is 1.23 bits per heavy atom. The average molecular weight is 534 g/mol. The van der Waals surface area contributed by atoms with E-state index in [0.29, 0.717) is 21.3 Å². The van der Waals surface area contributed by atoms with Crippen molar-refractivity contribution >= 4 is 67.4 Å². The van der Waals surface area contributed by atoms with Crippen molar-refractivity contribution in [3.05, 3.63) is 39.0 Å². The Bertz CT molecular complexity index is 1350. The van der Waals surface area contributed by atoms with Gasteiger partial charge >= 0.3 is 5.97 Å². The van der Waals surface area contributed by atoms with Crippen molar-refractivity contribution in [3.63, 3.8) is 0 Å². The highest BCUT2D eigenvalue weighted by molar-refractivity contribution is 8.00. The third-order valence-electron chi connectivity index (χ3n) is 5.85. The number of esters is 1. The van der Waals surface area contributed by atoms with Crippen LogP contribution in [-0.2, 0) is 34.2 Å². The van der Waals surface area contributed by atoms with Crippen LogP contribution >= 0.6 is 34.4 Å². The van der Waals surface area contributed by atoms with E-state index in [2.05, 4.69) is 17.2 Å². The topological polar surface area (TPSA) is 99.0 Å². The number of fused-ring (bicyclic) bond motifs is 2. The first-order chi connectivity index (χ1) is 16.8. The number of hydrogen-bond acceptors (Lipinski definition) is 8. The largest absolute Gasteiger partial charge is 0.497 e. The lowest BCUT2D eigenvalue weighted by Gasteiger charge is -2.18. The van der Waals surface area contributed by atoms with Crippen molar-refractivity contribution in [2.75, 3.05) is 31.0 Å². The van der Waals surface area contributed by atoms with Crippen LogP contribution < -0.4 is 14.9 Å². The second kappa shape index (κ2) is 11.0. The second-order valence-electron chi connectivity index (χ2n) is 8.37. The normalized spacial score (nSPS) is 15.7. The highest BCUT2D eigenvalue weighted by atomic mass is 32.2. The molecule has 8 nitrogen and oxygen atoms in total. The lowest BCUT2D eigenvalue weighted by atomic mass is 9.88. The maximum Gasteiger partial charge on any atom is 0.341 e. The third kappa shape index (κ3) is 5.62. The van der Waals surface area contributed by atoms with Crippen LogP contribution in [0.4, 0.5) is 5.00 Å². The third-order valence-corrected chi connectivity index (χ3v) is 9.03. The van der Waals surface area contributed by atoms with Gasteiger partial charge in [-0.3, -0.25) is 9.59 Å². The van der Waals surface area contributed by atoms with Gasteiger partial charge in [-0.1, -0.05) is 18.3 Å². The number of ether oxygens (including phenoxy) is 2. The quantitative estimate of drug-likeness (QED) is 0.461. The van der Waals surface area contributed by atoms with Gasteiger partial charge in [-0.05, 0) is 48.9 Å². The van der Waals surface area contributed by atoms with Gasteiger partial charge in [-0.2, -0.15) is 4.99 Å². The Kier molecular flexibility index (Phi) is 7.98. The molecule has 3 aromatic rings. The van der Waals surface area contributed by atoms with Crippen molar-refractivity contribution in [1.29, 1.82) is 0 Å². The predicted octanol–water partition coefficient (Wildman–Crippen LogP) is 4.02. The molecule has 1 atom stereocenters. The number of carbonyl (C=O) groups is 3. The molecule has 0 aliphatic heterocycles. The molecule has 1 N–H and O–H groups in total. The van der Waals surface area contributed by atoms with Gasteiger partial charge in [0.05, 0.1) is 41.5 Å². The molecule has 186 valence electrons. The molecule has 11 heteroatoms. The van der Waals surface area contributed by atoms with E-state index >= 15 is 0 Å². The first-order valence-corrected chi connectivity index (χ1v) is 13.9. The molecule has 1 unspecified atom stereocenters. The second-order valence-corrected chi connectivity index (χ2v) is 11.5. The van der Waals surface area contributed by atoms with Gasteiger partial charge in [0.2, 0.25) is 5.91 Å². The standard InChI is InChI=1S/C24H27N3O5S3/c1-13-5-7-15-17(9-13)34-22(21(15)23(30)32-4)25-19(28)11-33-12-20(29)26-24-27(2)16-8-6-14(31-3)10-18(16)35-24/h6,8,10,13H,5,7,9,11-12H2,1-4H3,(H,25,28). The SMILES string of the molecule is COC(=O)c1c(NC(=O)CSCC(=O)N=c2sc3cc(OC)ccc3n2C)sc2c1CCC(C)C2. The fourth-order valence-corrected chi connectivity index (χ4v) is 7.12. The number of nitrogens with zero attached hydrogens (tertiary/aromatic N) is 2. The number of aryl methyl sites for hydroxylation is 1. The van der Waals surface area contributed by atoms with Crippen molar-refractivity contribution < 1.29 is 23.9 Å². The number of benzene rings is 1. The summed E-state index contributed by atoms with van der Waals surface area (Å²) < 4.78 is 13.1. The number of aromatic nitrogens is 1. The van der Waals surface area contributed by atoms with E-state index in [1.54, 1.807) is 7.11 Å². The molecular formula is C24H27N3O5S3. The summed E-state index contributed by atoms with van der Waals surface area (Å²) in [6.45, 7) is 2.19. The minimum Gasteiger partial charge on any atom is -0.497 e. The Labute approximate surface area is 215 Å². The Balaban J connectivity index is 1.39. The summed E-state index contributed by atoms with van der Waals surface area (Å²) in [5.41, 5.74) is 2.42. The van der Waals surface area contributed by atoms with E-state index in [0.717, 1.165) is 45.7 Å². The summed E-state index contributed by atoms with van der Waals surface area (Å²) >= 11 is 4.05. The molecule has 2 amide bonds. The van der Waals surface area contributed by atoms with Crippen molar-refractivity contribution in [2.24, 2.45) is 18.0 Å². The number of nitrogens with one attached hydrogen (secondary N) is 1. The lowest BCUT2D eigenvalue weighted by Crippen LogP contribution is -2.18. The molecule has 0 spiro atoms. The maximum atomic E-state index is 12.6.